The number of nitrogens with zero attached hydrogens (tertiary/aromatic N) is 4. The van der Waals surface area contributed by atoms with E-state index in [0.717, 1.165) is 30.9 Å². The standard InChI is InChI=1S/C19H26N6O3/c1-24-9-10-28-16-7-8-25(12-15(16)24)19(26)20-11-17-21-18(23-22-17)13-3-5-14(27-2)6-4-13/h3-6,15-16H,7-12H2,1-2H3,(H,20,26)(H,21,22,23). The maximum Gasteiger partial charge on any atom is 0.317 e. The van der Waals surface area contributed by atoms with Crippen molar-refractivity contribution in [2.24, 2.45) is 0 Å². The molecule has 2 aromatic rings. The number of carbonyl (C=O) groups excluding carboxylic acids is 1. The molecule has 150 valence electrons. The molecule has 9 nitrogen and oxygen atoms in total. The quantitative estimate of drug-likeness (QED) is 0.817. The number of likely N-dealkylation sites (tertiary alicyclic amines) is 1. The van der Waals surface area contributed by atoms with Crippen molar-refractivity contribution in [3.63, 3.8) is 0 Å². The smallest absolute Gasteiger partial charge is 0.317 e. The third-order valence-corrected chi connectivity index (χ3v) is 5.44. The zero-order valence-electron chi connectivity index (χ0n) is 16.2. The molecule has 2 unspecified atom stereocenters. The van der Waals surface area contributed by atoms with Crippen LogP contribution in [0.3, 0.4) is 0 Å². The third-order valence-electron chi connectivity index (χ3n) is 5.44. The van der Waals surface area contributed by atoms with Gasteiger partial charge in [-0.05, 0) is 37.7 Å². The number of urea groups is 1. The van der Waals surface area contributed by atoms with Gasteiger partial charge in [0.1, 0.15) is 11.6 Å². The van der Waals surface area contributed by atoms with Gasteiger partial charge < -0.3 is 19.7 Å². The number of rotatable bonds is 4. The molecule has 0 bridgehead atoms. The largest absolute Gasteiger partial charge is 0.497 e. The molecular formula is C19H26N6O3. The summed E-state index contributed by atoms with van der Waals surface area (Å²) in [6.07, 6.45) is 1.09. The van der Waals surface area contributed by atoms with Crippen LogP contribution < -0.4 is 10.1 Å². The van der Waals surface area contributed by atoms with E-state index in [9.17, 15) is 4.79 Å². The van der Waals surface area contributed by atoms with E-state index in [1.807, 2.05) is 29.2 Å². The van der Waals surface area contributed by atoms with E-state index in [1.54, 1.807) is 7.11 Å². The fraction of sp³-hybridized carbons (Fsp3) is 0.526. The minimum Gasteiger partial charge on any atom is -0.497 e. The molecule has 2 N–H and O–H groups in total. The predicted molar refractivity (Wildman–Crippen MR) is 103 cm³/mol. The molecule has 2 saturated heterocycles. The molecule has 2 aliphatic rings. The van der Waals surface area contributed by atoms with Crippen LogP contribution in [-0.2, 0) is 11.3 Å². The molecule has 2 amide bonds. The van der Waals surface area contributed by atoms with Crippen molar-refractivity contribution in [1.29, 1.82) is 0 Å². The lowest BCUT2D eigenvalue weighted by Gasteiger charge is -2.45. The molecule has 2 aliphatic heterocycles. The van der Waals surface area contributed by atoms with Gasteiger partial charge in [-0.3, -0.25) is 10.00 Å². The monoisotopic (exact) mass is 386 g/mol. The van der Waals surface area contributed by atoms with Crippen LogP contribution in [0, 0.1) is 0 Å². The van der Waals surface area contributed by atoms with Crippen LogP contribution in [0.2, 0.25) is 0 Å². The molecule has 3 heterocycles. The number of aromatic amines is 1. The van der Waals surface area contributed by atoms with E-state index >= 15 is 0 Å². The van der Waals surface area contributed by atoms with Crippen LogP contribution in [0.1, 0.15) is 12.2 Å². The molecule has 9 heteroatoms. The number of benzene rings is 1. The Labute approximate surface area is 164 Å². The molecule has 28 heavy (non-hydrogen) atoms. The van der Waals surface area contributed by atoms with E-state index in [2.05, 4.69) is 32.4 Å². The van der Waals surface area contributed by atoms with Crippen molar-refractivity contribution >= 4 is 6.03 Å². The second-order valence-electron chi connectivity index (χ2n) is 7.18. The van der Waals surface area contributed by atoms with Crippen molar-refractivity contribution in [2.45, 2.75) is 25.1 Å². The summed E-state index contributed by atoms with van der Waals surface area (Å²) < 4.78 is 11.0. The van der Waals surface area contributed by atoms with Gasteiger partial charge in [-0.2, -0.15) is 5.10 Å². The number of carbonyl (C=O) groups is 1. The average molecular weight is 386 g/mol. The Bertz CT molecular complexity index is 808. The number of fused-ring (bicyclic) bond motifs is 1. The molecule has 0 spiro atoms. The molecule has 4 rings (SSSR count). The topological polar surface area (TPSA) is 95.6 Å². The van der Waals surface area contributed by atoms with Crippen molar-refractivity contribution < 1.29 is 14.3 Å². The normalized spacial score (nSPS) is 22.6. The number of methoxy groups -OCH3 is 1. The van der Waals surface area contributed by atoms with E-state index in [1.165, 1.54) is 0 Å². The number of aromatic nitrogens is 3. The van der Waals surface area contributed by atoms with Crippen molar-refractivity contribution in [2.75, 3.05) is 40.4 Å². The molecular weight excluding hydrogens is 360 g/mol. The Balaban J connectivity index is 1.32. The molecule has 1 aromatic carbocycles. The number of hydrogen-bond donors (Lipinski definition) is 2. The highest BCUT2D eigenvalue weighted by molar-refractivity contribution is 5.74. The molecule has 0 radical (unpaired) electrons. The maximum atomic E-state index is 12.6. The Hall–Kier alpha value is -2.65. The summed E-state index contributed by atoms with van der Waals surface area (Å²) in [6, 6.07) is 7.71. The van der Waals surface area contributed by atoms with Crippen molar-refractivity contribution in [3.05, 3.63) is 30.1 Å². The number of ether oxygens (including phenoxy) is 2. The molecule has 1 aromatic heterocycles. The van der Waals surface area contributed by atoms with Gasteiger partial charge in [0, 0.05) is 25.2 Å². The second-order valence-corrected chi connectivity index (χ2v) is 7.18. The van der Waals surface area contributed by atoms with Gasteiger partial charge >= 0.3 is 6.03 Å². The number of hydrogen-bond acceptors (Lipinski definition) is 6. The number of piperidine rings is 1. The Morgan fingerprint density at radius 1 is 1.36 bits per heavy atom. The van der Waals surface area contributed by atoms with Crippen LogP contribution in [0.25, 0.3) is 11.4 Å². The van der Waals surface area contributed by atoms with Crippen molar-refractivity contribution in [1.82, 2.24) is 30.3 Å². The first kappa shape index (κ1) is 18.7. The predicted octanol–water partition coefficient (Wildman–Crippen LogP) is 1.09. The fourth-order valence-electron chi connectivity index (χ4n) is 3.74. The Kier molecular flexibility index (Phi) is 5.45. The summed E-state index contributed by atoms with van der Waals surface area (Å²) in [6.45, 7) is 3.36. The first-order valence-electron chi connectivity index (χ1n) is 9.54. The van der Waals surface area contributed by atoms with Gasteiger partial charge in [0.05, 0.1) is 32.4 Å². The molecule has 2 atom stereocenters. The van der Waals surface area contributed by atoms with Gasteiger partial charge in [-0.15, -0.1) is 0 Å². The first-order valence-corrected chi connectivity index (χ1v) is 9.54. The minimum atomic E-state index is -0.0835. The van der Waals surface area contributed by atoms with Gasteiger partial charge in [0.2, 0.25) is 0 Å². The van der Waals surface area contributed by atoms with E-state index in [-0.39, 0.29) is 18.2 Å². The van der Waals surface area contributed by atoms with Gasteiger partial charge in [-0.1, -0.05) is 0 Å². The van der Waals surface area contributed by atoms with E-state index in [0.29, 0.717) is 31.3 Å². The average Bonchev–Trinajstić information content (AvgIpc) is 3.21. The SMILES string of the molecule is COc1ccc(-c2n[nH]c(CNC(=O)N3CCC4OCCN(C)C4C3)n2)cc1. The van der Waals surface area contributed by atoms with E-state index in [4.69, 9.17) is 9.47 Å². The number of H-pyrrole nitrogens is 1. The van der Waals surface area contributed by atoms with Crippen LogP contribution in [-0.4, -0.2) is 83.6 Å². The number of nitrogens with one attached hydrogen (secondary N) is 2. The Morgan fingerprint density at radius 3 is 2.96 bits per heavy atom. The lowest BCUT2D eigenvalue weighted by molar-refractivity contribution is -0.0881. The summed E-state index contributed by atoms with van der Waals surface area (Å²) in [5.74, 6) is 1.99. The highest BCUT2D eigenvalue weighted by atomic mass is 16.5. The third kappa shape index (κ3) is 3.95. The zero-order chi connectivity index (χ0) is 19.5. The Morgan fingerprint density at radius 2 is 2.18 bits per heavy atom. The lowest BCUT2D eigenvalue weighted by atomic mass is 9.99. The number of morpholine rings is 1. The first-order chi connectivity index (χ1) is 13.6. The fourth-order valence-corrected chi connectivity index (χ4v) is 3.74. The highest BCUT2D eigenvalue weighted by Gasteiger charge is 2.36. The minimum absolute atomic E-state index is 0.0835. The summed E-state index contributed by atoms with van der Waals surface area (Å²) >= 11 is 0. The summed E-state index contributed by atoms with van der Waals surface area (Å²) in [7, 11) is 3.72. The van der Waals surface area contributed by atoms with Gasteiger partial charge in [-0.25, -0.2) is 9.78 Å². The summed E-state index contributed by atoms with van der Waals surface area (Å²) in [5.41, 5.74) is 0.886. The number of amides is 2. The van der Waals surface area contributed by atoms with Crippen LogP contribution in [0.15, 0.2) is 24.3 Å². The number of likely N-dealkylation sites (N-methyl/N-ethyl adjacent to an activating group) is 1. The maximum absolute atomic E-state index is 12.6. The summed E-state index contributed by atoms with van der Waals surface area (Å²) in [4.78, 5) is 21.2. The molecule has 0 aliphatic carbocycles. The molecule has 0 saturated carbocycles. The summed E-state index contributed by atoms with van der Waals surface area (Å²) in [5, 5.41) is 10.1. The molecule has 2 fully saturated rings. The van der Waals surface area contributed by atoms with Gasteiger partial charge in [0.25, 0.3) is 0 Å². The van der Waals surface area contributed by atoms with Gasteiger partial charge in [0.15, 0.2) is 5.82 Å². The van der Waals surface area contributed by atoms with Crippen LogP contribution in [0.5, 0.6) is 5.75 Å². The van der Waals surface area contributed by atoms with E-state index < -0.39 is 0 Å². The van der Waals surface area contributed by atoms with Crippen molar-refractivity contribution in [3.8, 4) is 17.1 Å². The highest BCUT2D eigenvalue weighted by Crippen LogP contribution is 2.22. The van der Waals surface area contributed by atoms with Crippen LogP contribution >= 0.6 is 0 Å². The lowest BCUT2D eigenvalue weighted by Crippen LogP contribution is -2.60. The zero-order valence-corrected chi connectivity index (χ0v) is 16.2. The van der Waals surface area contributed by atoms with Crippen LogP contribution in [0.4, 0.5) is 4.79 Å². The second kappa shape index (κ2) is 8.15.